The van der Waals surface area contributed by atoms with E-state index in [1.54, 1.807) is 6.07 Å². The van der Waals surface area contributed by atoms with Crippen molar-refractivity contribution in [1.29, 1.82) is 0 Å². The van der Waals surface area contributed by atoms with E-state index in [1.165, 1.54) is 40.3 Å². The van der Waals surface area contributed by atoms with Crippen molar-refractivity contribution >= 4 is 0 Å². The highest BCUT2D eigenvalue weighted by Crippen LogP contribution is 2.41. The van der Waals surface area contributed by atoms with E-state index in [0.29, 0.717) is 5.75 Å². The summed E-state index contributed by atoms with van der Waals surface area (Å²) in [6.07, 6.45) is 0. The Morgan fingerprint density at radius 3 is 2.39 bits per heavy atom. The zero-order valence-corrected chi connectivity index (χ0v) is 15.6. The topological polar surface area (TPSA) is 118 Å². The molecule has 11 heteroatoms. The van der Waals surface area contributed by atoms with Gasteiger partial charge in [-0.15, -0.1) is 0 Å². The molecule has 1 aliphatic rings. The van der Waals surface area contributed by atoms with Gasteiger partial charge in [-0.1, -0.05) is 6.07 Å². The van der Waals surface area contributed by atoms with E-state index in [0.717, 1.165) is 23.2 Å². The van der Waals surface area contributed by atoms with Gasteiger partial charge < -0.3 is 4.74 Å². The normalized spacial score (nSPS) is 22.7. The van der Waals surface area contributed by atoms with Crippen LogP contribution in [0.25, 0.3) is 5.69 Å². The van der Waals surface area contributed by atoms with Gasteiger partial charge >= 0.3 is 22.8 Å². The molecule has 2 aromatic heterocycles. The monoisotopic (exact) mass is 391 g/mol. The van der Waals surface area contributed by atoms with Gasteiger partial charge in [0.2, 0.25) is 0 Å². The molecule has 0 radical (unpaired) electrons. The number of H-pyrrole nitrogens is 1. The maximum atomic E-state index is 13.1. The Labute approximate surface area is 161 Å². The molecule has 0 saturated carbocycles. The Hall–Kier alpha value is -3.50. The number of fused-ring (bicyclic) bond motifs is 3. The second-order valence-electron chi connectivity index (χ2n) is 6.85. The average Bonchev–Trinajstić information content (AvgIpc) is 3.09. The predicted octanol–water partition coefficient (Wildman–Crippen LogP) is -1.13. The summed E-state index contributed by atoms with van der Waals surface area (Å²) in [6, 6.07) is 3.17. The molecular weight excluding hydrogens is 368 g/mol. The predicted molar refractivity (Wildman–Crippen MR) is 99.6 cm³/mol. The first kappa shape index (κ1) is 14.5. The number of hydrogen-bond donors (Lipinski definition) is 1. The average molecular weight is 391 g/mol. The lowest BCUT2D eigenvalue weighted by molar-refractivity contribution is 0.175. The number of ether oxygens (including phenoxy) is 1. The van der Waals surface area contributed by atoms with E-state index >= 15 is 0 Å². The molecule has 4 rings (SSSR count). The third-order valence-electron chi connectivity index (χ3n) is 5.14. The molecule has 1 N–H and O–H groups in total. The molecule has 1 aromatic carbocycles. The number of benzene rings is 1. The Kier molecular flexibility index (Phi) is 2.86. The molecule has 28 heavy (non-hydrogen) atoms. The number of nitrogens with zero attached hydrogens (tertiary/aromatic N) is 5. The summed E-state index contributed by atoms with van der Waals surface area (Å²) < 4.78 is 34.3. The van der Waals surface area contributed by atoms with Crippen molar-refractivity contribution in [3.05, 3.63) is 65.7 Å². The molecule has 11 nitrogen and oxygen atoms in total. The number of rotatable bonds is 2. The van der Waals surface area contributed by atoms with Crippen LogP contribution in [0.3, 0.4) is 0 Å². The molecule has 0 amide bonds. The lowest BCUT2D eigenvalue weighted by Crippen LogP contribution is -2.52. The van der Waals surface area contributed by atoms with Gasteiger partial charge in [-0.25, -0.2) is 42.8 Å². The van der Waals surface area contributed by atoms with Crippen LogP contribution in [0.2, 0.25) is 0 Å². The highest BCUT2D eigenvalue weighted by atomic mass is 16.5. The summed E-state index contributed by atoms with van der Waals surface area (Å²) in [5.41, 5.74) is -4.90. The Bertz CT molecular complexity index is 1450. The van der Waals surface area contributed by atoms with Crippen LogP contribution in [0.15, 0.2) is 37.4 Å². The van der Waals surface area contributed by atoms with Crippen molar-refractivity contribution in [2.75, 3.05) is 7.11 Å². The minimum atomic E-state index is -2.87. The van der Waals surface area contributed by atoms with Gasteiger partial charge in [0.1, 0.15) is 11.8 Å². The fraction of sp³-hybridized carbons (Fsp3) is 0.412. The zero-order valence-electron chi connectivity index (χ0n) is 18.6. The first-order valence-corrected chi connectivity index (χ1v) is 8.33. The van der Waals surface area contributed by atoms with Crippen LogP contribution in [0, 0.1) is 0 Å². The van der Waals surface area contributed by atoms with Gasteiger partial charge in [0, 0.05) is 29.8 Å². The zero-order chi connectivity index (χ0) is 23.0. The lowest BCUT2D eigenvalue weighted by Gasteiger charge is -2.40. The molecule has 0 saturated heterocycles. The highest BCUT2D eigenvalue weighted by molar-refractivity contribution is 5.50. The van der Waals surface area contributed by atoms with Gasteiger partial charge in [0.15, 0.2) is 0 Å². The largest absolute Gasteiger partial charge is 0.497 e. The quantitative estimate of drug-likeness (QED) is 0.593. The first-order valence-electron chi connectivity index (χ1n) is 9.83. The van der Waals surface area contributed by atoms with Crippen molar-refractivity contribution in [3.8, 4) is 11.4 Å². The van der Waals surface area contributed by atoms with Gasteiger partial charge in [-0.2, -0.15) is 4.68 Å². The number of hydrogen-bond acceptors (Lipinski definition) is 5. The minimum absolute atomic E-state index is 0.158. The van der Waals surface area contributed by atoms with Crippen molar-refractivity contribution < 1.29 is 8.85 Å². The van der Waals surface area contributed by atoms with Crippen LogP contribution in [-0.4, -0.2) is 35.4 Å². The summed E-state index contributed by atoms with van der Waals surface area (Å²) in [4.78, 5) is 51.0. The molecule has 3 aromatic rings. The summed E-state index contributed by atoms with van der Waals surface area (Å²) in [7, 11) is 3.88. The van der Waals surface area contributed by atoms with Crippen molar-refractivity contribution in [2.45, 2.75) is 25.4 Å². The number of aromatic amines is 1. The minimum Gasteiger partial charge on any atom is -0.497 e. The van der Waals surface area contributed by atoms with E-state index in [2.05, 4.69) is 5.10 Å². The second-order valence-corrected chi connectivity index (χ2v) is 6.85. The molecule has 3 heterocycles. The molecule has 0 unspecified atom stereocenters. The first-order chi connectivity index (χ1) is 14.4. The van der Waals surface area contributed by atoms with Gasteiger partial charge in [-0.3, -0.25) is 0 Å². The molecule has 2 atom stereocenters. The van der Waals surface area contributed by atoms with Crippen LogP contribution in [0.4, 0.5) is 0 Å². The second kappa shape index (κ2) is 5.50. The fourth-order valence-electron chi connectivity index (χ4n) is 3.68. The Morgan fingerprint density at radius 1 is 1.11 bits per heavy atom. The molecule has 0 spiro atoms. The molecule has 0 fully saturated rings. The maximum Gasteiger partial charge on any atom is 0.351 e. The van der Waals surface area contributed by atoms with Crippen molar-refractivity contribution in [1.82, 2.24) is 28.3 Å². The van der Waals surface area contributed by atoms with E-state index in [9.17, 15) is 19.2 Å². The van der Waals surface area contributed by atoms with Crippen LogP contribution in [-0.2, 0) is 19.6 Å². The summed E-state index contributed by atoms with van der Waals surface area (Å²) in [5.74, 6) is 0.346. The Balaban J connectivity index is 2.27. The molecule has 0 bridgehead atoms. The third-order valence-corrected chi connectivity index (χ3v) is 5.14. The number of nitrogens with one attached hydrogen (secondary N) is 1. The third kappa shape index (κ3) is 2.03. The molecular formula is C17H20N6O5. The molecule has 148 valence electrons. The van der Waals surface area contributed by atoms with Gasteiger partial charge in [-0.05, 0) is 19.8 Å². The Morgan fingerprint density at radius 2 is 1.82 bits per heavy atom. The maximum absolute atomic E-state index is 13.1. The van der Waals surface area contributed by atoms with Crippen LogP contribution in [0.5, 0.6) is 5.75 Å². The highest BCUT2D eigenvalue weighted by Gasteiger charge is 2.45. The fourth-order valence-corrected chi connectivity index (χ4v) is 3.68. The number of methoxy groups -OCH3 is 1. The van der Waals surface area contributed by atoms with Crippen molar-refractivity contribution in [2.24, 2.45) is 14.1 Å². The van der Waals surface area contributed by atoms with Gasteiger partial charge in [0.05, 0.1) is 18.3 Å². The summed E-state index contributed by atoms with van der Waals surface area (Å²) in [5, 5.41) is 2.37. The summed E-state index contributed by atoms with van der Waals surface area (Å²) >= 11 is 0. The van der Waals surface area contributed by atoms with Gasteiger partial charge in [0.25, 0.3) is 0 Å². The van der Waals surface area contributed by atoms with Crippen LogP contribution in [0.1, 0.15) is 29.5 Å². The standard InChI is InChI=1S/C17H20N6O5/c1-17(2)12(21-14(25)19(3)13(24)18-21)10-7-6-9(28-5)8-11(10)22-15(26)20(4)16(27)23(17)22/h6-8,12H,1-5H3,(H,18,24)/t12-/m1/s1/i1D3/t12-,17+. The number of aromatic nitrogens is 6. The lowest BCUT2D eigenvalue weighted by atomic mass is 9.86. The van der Waals surface area contributed by atoms with Crippen molar-refractivity contribution in [3.63, 3.8) is 0 Å². The van der Waals surface area contributed by atoms with E-state index in [4.69, 9.17) is 8.85 Å². The molecule has 0 aliphatic carbocycles. The smallest absolute Gasteiger partial charge is 0.351 e. The van der Waals surface area contributed by atoms with E-state index in [1.807, 2.05) is 0 Å². The van der Waals surface area contributed by atoms with Crippen LogP contribution >= 0.6 is 0 Å². The van der Waals surface area contributed by atoms with E-state index in [-0.39, 0.29) is 11.3 Å². The molecule has 1 aliphatic heterocycles. The van der Waals surface area contributed by atoms with E-state index < -0.39 is 41.2 Å². The SMILES string of the molecule is [2H]C([2H])([2H])[C@]1(C)[C@H](n2[nH]c(=O)n(C)c2=O)c2ccc(OC)cc2-n2c(=O)n(C)c(=O)n21. The summed E-state index contributed by atoms with van der Waals surface area (Å²) in [6.45, 7) is -1.62. The van der Waals surface area contributed by atoms with Crippen LogP contribution < -0.4 is 27.5 Å².